The summed E-state index contributed by atoms with van der Waals surface area (Å²) in [5.41, 5.74) is 2.74. The third kappa shape index (κ3) is 1.68. The molecule has 0 saturated carbocycles. The van der Waals surface area contributed by atoms with Gasteiger partial charge in [0.25, 0.3) is 0 Å². The summed E-state index contributed by atoms with van der Waals surface area (Å²) in [5.74, 6) is 0. The molecule has 1 aliphatic rings. The molecule has 1 atom stereocenters. The summed E-state index contributed by atoms with van der Waals surface area (Å²) in [5, 5.41) is 3.45. The summed E-state index contributed by atoms with van der Waals surface area (Å²) < 4.78 is 0. The summed E-state index contributed by atoms with van der Waals surface area (Å²) >= 11 is 0. The minimum atomic E-state index is 0.634. The smallest absolute Gasteiger partial charge is 0.0373 e. The number of para-hydroxylation sites is 1. The maximum atomic E-state index is 3.45. The van der Waals surface area contributed by atoms with Crippen LogP contribution in [0.4, 0.5) is 5.69 Å². The van der Waals surface area contributed by atoms with Gasteiger partial charge in [-0.25, -0.2) is 0 Å². The van der Waals surface area contributed by atoms with Gasteiger partial charge in [0.15, 0.2) is 0 Å². The van der Waals surface area contributed by atoms with Gasteiger partial charge in [0, 0.05) is 18.3 Å². The molecule has 0 bridgehead atoms. The van der Waals surface area contributed by atoms with Crippen molar-refractivity contribution >= 4 is 5.69 Å². The molecule has 1 N–H and O–H groups in total. The van der Waals surface area contributed by atoms with Crippen LogP contribution in [0, 0.1) is 0 Å². The molecular weight excluding hydrogens is 160 g/mol. The van der Waals surface area contributed by atoms with E-state index < -0.39 is 0 Å². The molecule has 70 valence electrons. The van der Waals surface area contributed by atoms with Crippen LogP contribution in [-0.2, 0) is 6.42 Å². The number of nitrogens with zero attached hydrogens (tertiary/aromatic N) is 1. The molecule has 2 nitrogen and oxygen atoms in total. The molecule has 1 aliphatic heterocycles. The van der Waals surface area contributed by atoms with Crippen molar-refractivity contribution in [3.63, 3.8) is 0 Å². The van der Waals surface area contributed by atoms with E-state index >= 15 is 0 Å². The molecule has 1 aromatic carbocycles. The fourth-order valence-electron chi connectivity index (χ4n) is 1.79. The maximum Gasteiger partial charge on any atom is 0.0373 e. The van der Waals surface area contributed by atoms with E-state index in [1.165, 1.54) is 11.3 Å². The number of hydrogen-bond acceptors (Lipinski definition) is 2. The number of anilines is 1. The number of fused-ring (bicyclic) bond motifs is 1. The molecule has 1 aromatic rings. The number of nitrogens with one attached hydrogen (secondary N) is 1. The van der Waals surface area contributed by atoms with Crippen molar-refractivity contribution in [1.82, 2.24) is 4.90 Å². The predicted octanol–water partition coefficient (Wildman–Crippen LogP) is 1.58. The van der Waals surface area contributed by atoms with Crippen molar-refractivity contribution < 1.29 is 0 Å². The molecule has 0 aliphatic carbocycles. The second-order valence-corrected chi connectivity index (χ2v) is 3.86. The summed E-state index contributed by atoms with van der Waals surface area (Å²) in [6, 6.07) is 9.19. The number of benzene rings is 1. The molecule has 0 saturated heterocycles. The number of rotatable bonds is 1. The molecule has 13 heavy (non-hydrogen) atoms. The Morgan fingerprint density at radius 2 is 2.08 bits per heavy atom. The molecule has 0 unspecified atom stereocenters. The molecule has 0 aromatic heterocycles. The van der Waals surface area contributed by atoms with Gasteiger partial charge in [-0.1, -0.05) is 18.2 Å². The first kappa shape index (κ1) is 8.57. The van der Waals surface area contributed by atoms with Gasteiger partial charge in [0.1, 0.15) is 0 Å². The van der Waals surface area contributed by atoms with Crippen LogP contribution < -0.4 is 5.32 Å². The van der Waals surface area contributed by atoms with Crippen molar-refractivity contribution in [2.45, 2.75) is 12.5 Å². The van der Waals surface area contributed by atoms with E-state index in [2.05, 4.69) is 48.6 Å². The van der Waals surface area contributed by atoms with Gasteiger partial charge in [-0.05, 0) is 32.1 Å². The Labute approximate surface area is 79.6 Å². The summed E-state index contributed by atoms with van der Waals surface area (Å²) in [6.07, 6.45) is 1.16. The fourth-order valence-corrected chi connectivity index (χ4v) is 1.79. The first-order chi connectivity index (χ1) is 6.27. The average Bonchev–Trinajstić information content (AvgIpc) is 2.17. The third-order valence-electron chi connectivity index (χ3n) is 2.73. The van der Waals surface area contributed by atoms with Gasteiger partial charge in [-0.2, -0.15) is 0 Å². The van der Waals surface area contributed by atoms with Gasteiger partial charge >= 0.3 is 0 Å². The first-order valence-corrected chi connectivity index (χ1v) is 4.75. The molecule has 0 fully saturated rings. The monoisotopic (exact) mass is 176 g/mol. The van der Waals surface area contributed by atoms with Crippen LogP contribution in [0.1, 0.15) is 5.56 Å². The highest BCUT2D eigenvalue weighted by molar-refractivity contribution is 5.53. The lowest BCUT2D eigenvalue weighted by Gasteiger charge is -2.30. The SMILES string of the molecule is CN(C)[C@H]1CNc2ccccc2C1. The Kier molecular flexibility index (Phi) is 2.23. The Morgan fingerprint density at radius 1 is 1.31 bits per heavy atom. The lowest BCUT2D eigenvalue weighted by molar-refractivity contribution is 0.299. The van der Waals surface area contributed by atoms with Crippen molar-refractivity contribution in [1.29, 1.82) is 0 Å². The van der Waals surface area contributed by atoms with Crippen LogP contribution >= 0.6 is 0 Å². The Balaban J connectivity index is 2.20. The van der Waals surface area contributed by atoms with E-state index in [-0.39, 0.29) is 0 Å². The van der Waals surface area contributed by atoms with Gasteiger partial charge < -0.3 is 10.2 Å². The number of likely N-dealkylation sites (N-methyl/N-ethyl adjacent to an activating group) is 1. The van der Waals surface area contributed by atoms with E-state index in [1.807, 2.05) is 0 Å². The molecule has 2 heteroatoms. The lowest BCUT2D eigenvalue weighted by atomic mass is 9.99. The van der Waals surface area contributed by atoms with Gasteiger partial charge in [-0.15, -0.1) is 0 Å². The quantitative estimate of drug-likeness (QED) is 0.699. The Bertz CT molecular complexity index is 294. The first-order valence-electron chi connectivity index (χ1n) is 4.75. The van der Waals surface area contributed by atoms with E-state index in [4.69, 9.17) is 0 Å². The van der Waals surface area contributed by atoms with Crippen LogP contribution in [0.3, 0.4) is 0 Å². The average molecular weight is 176 g/mol. The minimum Gasteiger partial charge on any atom is -0.383 e. The zero-order valence-corrected chi connectivity index (χ0v) is 8.25. The van der Waals surface area contributed by atoms with E-state index in [9.17, 15) is 0 Å². The maximum absolute atomic E-state index is 3.45. The van der Waals surface area contributed by atoms with Crippen molar-refractivity contribution in [3.05, 3.63) is 29.8 Å². The second-order valence-electron chi connectivity index (χ2n) is 3.86. The fraction of sp³-hybridized carbons (Fsp3) is 0.455. The molecule has 0 radical (unpaired) electrons. The normalized spacial score (nSPS) is 21.0. The highest BCUT2D eigenvalue weighted by Crippen LogP contribution is 2.22. The topological polar surface area (TPSA) is 15.3 Å². The Morgan fingerprint density at radius 3 is 2.85 bits per heavy atom. The molecule has 2 rings (SSSR count). The van der Waals surface area contributed by atoms with Gasteiger partial charge in [0.2, 0.25) is 0 Å². The van der Waals surface area contributed by atoms with E-state index in [0.717, 1.165) is 13.0 Å². The zero-order valence-electron chi connectivity index (χ0n) is 8.25. The van der Waals surface area contributed by atoms with Crippen LogP contribution in [0.5, 0.6) is 0 Å². The largest absolute Gasteiger partial charge is 0.383 e. The molecule has 0 amide bonds. The van der Waals surface area contributed by atoms with Gasteiger partial charge in [0.05, 0.1) is 0 Å². The molecular formula is C11H16N2. The lowest BCUT2D eigenvalue weighted by Crippen LogP contribution is -2.39. The van der Waals surface area contributed by atoms with Crippen molar-refractivity contribution in [2.24, 2.45) is 0 Å². The van der Waals surface area contributed by atoms with Crippen molar-refractivity contribution in [3.8, 4) is 0 Å². The standard InChI is InChI=1S/C11H16N2/c1-13(2)10-7-9-5-3-4-6-11(9)12-8-10/h3-6,10,12H,7-8H2,1-2H3/t10-/m1/s1. The highest BCUT2D eigenvalue weighted by Gasteiger charge is 2.18. The number of hydrogen-bond donors (Lipinski definition) is 1. The molecule has 0 spiro atoms. The van der Waals surface area contributed by atoms with Gasteiger partial charge in [-0.3, -0.25) is 0 Å². The zero-order chi connectivity index (χ0) is 9.26. The third-order valence-corrected chi connectivity index (χ3v) is 2.73. The second kappa shape index (κ2) is 3.38. The summed E-state index contributed by atoms with van der Waals surface area (Å²) in [7, 11) is 4.28. The van der Waals surface area contributed by atoms with E-state index in [1.54, 1.807) is 0 Å². The van der Waals surface area contributed by atoms with Crippen LogP contribution in [0.2, 0.25) is 0 Å². The van der Waals surface area contributed by atoms with E-state index in [0.29, 0.717) is 6.04 Å². The molecule has 1 heterocycles. The summed E-state index contributed by atoms with van der Waals surface area (Å²) in [4.78, 5) is 2.28. The minimum absolute atomic E-state index is 0.634. The van der Waals surface area contributed by atoms with Crippen LogP contribution in [0.25, 0.3) is 0 Å². The Hall–Kier alpha value is -1.02. The highest BCUT2D eigenvalue weighted by atomic mass is 15.1. The summed E-state index contributed by atoms with van der Waals surface area (Å²) in [6.45, 7) is 1.06. The van der Waals surface area contributed by atoms with Crippen LogP contribution in [0.15, 0.2) is 24.3 Å². The van der Waals surface area contributed by atoms with Crippen LogP contribution in [-0.4, -0.2) is 31.6 Å². The predicted molar refractivity (Wildman–Crippen MR) is 56.1 cm³/mol. The van der Waals surface area contributed by atoms with Crippen molar-refractivity contribution in [2.75, 3.05) is 26.0 Å².